The van der Waals surface area contributed by atoms with Crippen molar-refractivity contribution in [1.82, 2.24) is 9.55 Å². The van der Waals surface area contributed by atoms with E-state index in [0.717, 1.165) is 23.9 Å². The van der Waals surface area contributed by atoms with E-state index in [-0.39, 0.29) is 5.82 Å². The highest BCUT2D eigenvalue weighted by Gasteiger charge is 2.06. The Morgan fingerprint density at radius 3 is 2.62 bits per heavy atom. The fraction of sp³-hybridized carbons (Fsp3) is 0.250. The number of nitrogens with one attached hydrogen (secondary N) is 1. The molecule has 0 bridgehead atoms. The van der Waals surface area contributed by atoms with Gasteiger partial charge in [0.05, 0.1) is 5.69 Å². The summed E-state index contributed by atoms with van der Waals surface area (Å²) in [5.41, 5.74) is 1.83. The second kappa shape index (κ2) is 4.35. The van der Waals surface area contributed by atoms with Gasteiger partial charge < -0.3 is 5.32 Å². The molecule has 16 heavy (non-hydrogen) atoms. The summed E-state index contributed by atoms with van der Waals surface area (Å²) in [5.74, 6) is 0.553. The summed E-state index contributed by atoms with van der Waals surface area (Å²) in [5, 5.41) is 3.17. The predicted molar refractivity (Wildman–Crippen MR) is 62.4 cm³/mol. The summed E-state index contributed by atoms with van der Waals surface area (Å²) in [6.07, 6.45) is 1.92. The molecule has 1 heterocycles. The summed E-state index contributed by atoms with van der Waals surface area (Å²) in [4.78, 5) is 4.36. The van der Waals surface area contributed by atoms with Crippen molar-refractivity contribution in [1.29, 1.82) is 0 Å². The first-order valence-corrected chi connectivity index (χ1v) is 5.26. The molecule has 0 aliphatic carbocycles. The summed E-state index contributed by atoms with van der Waals surface area (Å²) in [6, 6.07) is 6.36. The predicted octanol–water partition coefficient (Wildman–Crippen LogP) is 2.75. The maximum atomic E-state index is 12.8. The minimum Gasteiger partial charge on any atom is -0.356 e. The van der Waals surface area contributed by atoms with Crippen molar-refractivity contribution < 1.29 is 4.39 Å². The molecule has 0 aliphatic heterocycles. The molecule has 0 unspecified atom stereocenters. The Morgan fingerprint density at radius 2 is 2.00 bits per heavy atom. The quantitative estimate of drug-likeness (QED) is 0.860. The van der Waals surface area contributed by atoms with Crippen LogP contribution in [0.3, 0.4) is 0 Å². The van der Waals surface area contributed by atoms with Crippen LogP contribution in [0.2, 0.25) is 0 Å². The van der Waals surface area contributed by atoms with E-state index in [0.29, 0.717) is 0 Å². The second-order valence-corrected chi connectivity index (χ2v) is 3.58. The monoisotopic (exact) mass is 219 g/mol. The molecule has 4 heteroatoms. The Hall–Kier alpha value is -1.84. The van der Waals surface area contributed by atoms with Gasteiger partial charge in [-0.15, -0.1) is 0 Å². The van der Waals surface area contributed by atoms with E-state index >= 15 is 0 Å². The van der Waals surface area contributed by atoms with E-state index in [9.17, 15) is 4.39 Å². The molecule has 84 valence electrons. The first-order valence-electron chi connectivity index (χ1n) is 5.26. The van der Waals surface area contributed by atoms with Crippen LogP contribution in [0.1, 0.15) is 12.6 Å². The third-order valence-electron chi connectivity index (χ3n) is 2.27. The average Bonchev–Trinajstić information content (AvgIpc) is 2.61. The number of aryl methyl sites for hydroxylation is 1. The van der Waals surface area contributed by atoms with Gasteiger partial charge in [0.25, 0.3) is 0 Å². The molecule has 0 saturated carbocycles. The Kier molecular flexibility index (Phi) is 2.90. The first-order chi connectivity index (χ1) is 7.70. The molecule has 0 radical (unpaired) electrons. The number of benzene rings is 1. The van der Waals surface area contributed by atoms with E-state index in [1.54, 1.807) is 12.1 Å². The van der Waals surface area contributed by atoms with Crippen molar-refractivity contribution in [2.45, 2.75) is 13.8 Å². The van der Waals surface area contributed by atoms with Crippen LogP contribution < -0.4 is 5.32 Å². The highest BCUT2D eigenvalue weighted by molar-refractivity contribution is 5.42. The number of hydrogen-bond donors (Lipinski definition) is 1. The van der Waals surface area contributed by atoms with Gasteiger partial charge >= 0.3 is 0 Å². The van der Waals surface area contributed by atoms with Crippen LogP contribution in [0.4, 0.5) is 10.3 Å². The number of halogens is 1. The van der Waals surface area contributed by atoms with Crippen molar-refractivity contribution in [2.24, 2.45) is 0 Å². The number of nitrogens with zero attached hydrogens (tertiary/aromatic N) is 2. The van der Waals surface area contributed by atoms with Crippen molar-refractivity contribution >= 4 is 5.95 Å². The minimum absolute atomic E-state index is 0.231. The molecule has 2 rings (SSSR count). The van der Waals surface area contributed by atoms with E-state index in [1.807, 2.05) is 24.6 Å². The smallest absolute Gasteiger partial charge is 0.207 e. The Labute approximate surface area is 93.9 Å². The normalized spacial score (nSPS) is 10.4. The molecule has 1 aromatic carbocycles. The fourth-order valence-corrected chi connectivity index (χ4v) is 1.58. The van der Waals surface area contributed by atoms with Gasteiger partial charge in [0, 0.05) is 18.4 Å². The number of aromatic nitrogens is 2. The van der Waals surface area contributed by atoms with Crippen molar-refractivity contribution in [3.63, 3.8) is 0 Å². The number of imidazole rings is 1. The maximum Gasteiger partial charge on any atom is 0.207 e. The van der Waals surface area contributed by atoms with Gasteiger partial charge in [0.2, 0.25) is 5.95 Å². The summed E-state index contributed by atoms with van der Waals surface area (Å²) in [6.45, 7) is 4.75. The summed E-state index contributed by atoms with van der Waals surface area (Å²) < 4.78 is 14.7. The van der Waals surface area contributed by atoms with Gasteiger partial charge in [-0.05, 0) is 38.1 Å². The van der Waals surface area contributed by atoms with Gasteiger partial charge in [0.15, 0.2) is 0 Å². The molecule has 1 aromatic heterocycles. The molecule has 0 atom stereocenters. The van der Waals surface area contributed by atoms with Crippen LogP contribution in [-0.4, -0.2) is 16.1 Å². The highest BCUT2D eigenvalue weighted by Crippen LogP contribution is 2.16. The van der Waals surface area contributed by atoms with Crippen molar-refractivity contribution in [2.75, 3.05) is 11.9 Å². The number of hydrogen-bond acceptors (Lipinski definition) is 2. The summed E-state index contributed by atoms with van der Waals surface area (Å²) in [7, 11) is 0. The second-order valence-electron chi connectivity index (χ2n) is 3.58. The van der Waals surface area contributed by atoms with Gasteiger partial charge in [-0.2, -0.15) is 0 Å². The lowest BCUT2D eigenvalue weighted by atomic mass is 10.3. The van der Waals surface area contributed by atoms with Crippen molar-refractivity contribution in [3.8, 4) is 5.69 Å². The SMILES string of the molecule is CCNc1nc(C)cn1-c1ccc(F)cc1. The maximum absolute atomic E-state index is 12.8. The average molecular weight is 219 g/mol. The lowest BCUT2D eigenvalue weighted by Gasteiger charge is -2.07. The molecule has 0 saturated heterocycles. The standard InChI is InChI=1S/C12H14FN3/c1-3-14-12-15-9(2)8-16(12)11-6-4-10(13)5-7-11/h4-8H,3H2,1-2H3,(H,14,15). The number of anilines is 1. The molecule has 2 aromatic rings. The lowest BCUT2D eigenvalue weighted by molar-refractivity contribution is 0.627. The van der Waals surface area contributed by atoms with Gasteiger partial charge in [-0.25, -0.2) is 9.37 Å². The van der Waals surface area contributed by atoms with Gasteiger partial charge in [-0.3, -0.25) is 4.57 Å². The van der Waals surface area contributed by atoms with Gasteiger partial charge in [0.1, 0.15) is 5.82 Å². The molecule has 1 N–H and O–H groups in total. The molecule has 3 nitrogen and oxygen atoms in total. The molecule has 0 aliphatic rings. The first kappa shape index (κ1) is 10.7. The van der Waals surface area contributed by atoms with Crippen LogP contribution in [0.25, 0.3) is 5.69 Å². The third kappa shape index (κ3) is 2.05. The van der Waals surface area contributed by atoms with Crippen LogP contribution >= 0.6 is 0 Å². The minimum atomic E-state index is -0.231. The van der Waals surface area contributed by atoms with Crippen LogP contribution in [0.5, 0.6) is 0 Å². The molecule has 0 spiro atoms. The highest BCUT2D eigenvalue weighted by atomic mass is 19.1. The largest absolute Gasteiger partial charge is 0.356 e. The zero-order chi connectivity index (χ0) is 11.5. The number of rotatable bonds is 3. The fourth-order valence-electron chi connectivity index (χ4n) is 1.58. The zero-order valence-corrected chi connectivity index (χ0v) is 9.37. The Morgan fingerprint density at radius 1 is 1.31 bits per heavy atom. The Bertz CT molecular complexity index is 474. The molecule has 0 fully saturated rings. The third-order valence-corrected chi connectivity index (χ3v) is 2.27. The molecular formula is C12H14FN3. The van der Waals surface area contributed by atoms with Crippen molar-refractivity contribution in [3.05, 3.63) is 42.0 Å². The van der Waals surface area contributed by atoms with E-state index in [1.165, 1.54) is 12.1 Å². The summed E-state index contributed by atoms with van der Waals surface area (Å²) >= 11 is 0. The Balaban J connectivity index is 2.42. The zero-order valence-electron chi connectivity index (χ0n) is 9.37. The van der Waals surface area contributed by atoms with Gasteiger partial charge in [-0.1, -0.05) is 0 Å². The molecule has 0 amide bonds. The van der Waals surface area contributed by atoms with Crippen LogP contribution in [0.15, 0.2) is 30.5 Å². The molecular weight excluding hydrogens is 205 g/mol. The van der Waals surface area contributed by atoms with E-state index < -0.39 is 0 Å². The lowest BCUT2D eigenvalue weighted by Crippen LogP contribution is -2.04. The topological polar surface area (TPSA) is 29.9 Å². The van der Waals surface area contributed by atoms with Crippen LogP contribution in [-0.2, 0) is 0 Å². The van der Waals surface area contributed by atoms with E-state index in [2.05, 4.69) is 10.3 Å². The van der Waals surface area contributed by atoms with E-state index in [4.69, 9.17) is 0 Å². The van der Waals surface area contributed by atoms with Crippen LogP contribution in [0, 0.1) is 12.7 Å².